The average molecular weight is 420 g/mol. The molecule has 6 heteroatoms. The zero-order chi connectivity index (χ0) is 15.4. The number of benzene rings is 2. The molecule has 1 aliphatic rings. The standard InChI is InChI=1S/C16H8Br2N2O2/c17-7-5-9(18)12-11(6-7)20-16(22)13(12)14-15(21)8-3-1-2-4-10(8)19-14/h1-6,20,22H. The summed E-state index contributed by atoms with van der Waals surface area (Å²) in [5, 5.41) is 11.0. The molecule has 0 bridgehead atoms. The van der Waals surface area contributed by atoms with E-state index in [2.05, 4.69) is 41.8 Å². The van der Waals surface area contributed by atoms with Gasteiger partial charge in [-0.15, -0.1) is 0 Å². The monoisotopic (exact) mass is 418 g/mol. The highest BCUT2D eigenvalue weighted by atomic mass is 79.9. The molecule has 1 aromatic heterocycles. The van der Waals surface area contributed by atoms with Crippen LogP contribution in [0.25, 0.3) is 10.9 Å². The van der Waals surface area contributed by atoms with Crippen LogP contribution in [0.3, 0.4) is 0 Å². The third-order valence-electron chi connectivity index (χ3n) is 3.63. The smallest absolute Gasteiger partial charge is 0.214 e. The van der Waals surface area contributed by atoms with Crippen LogP contribution in [-0.4, -0.2) is 21.6 Å². The minimum Gasteiger partial charge on any atom is -0.494 e. The molecule has 0 saturated carbocycles. The first-order valence-electron chi connectivity index (χ1n) is 6.48. The minimum absolute atomic E-state index is 0.0614. The van der Waals surface area contributed by atoms with Crippen LogP contribution in [0.15, 0.2) is 50.3 Å². The number of halogens is 2. The Labute approximate surface area is 142 Å². The number of nitrogens with one attached hydrogen (secondary N) is 1. The van der Waals surface area contributed by atoms with Gasteiger partial charge in [-0.05, 0) is 24.3 Å². The first kappa shape index (κ1) is 13.7. The number of hydrogen-bond acceptors (Lipinski definition) is 3. The summed E-state index contributed by atoms with van der Waals surface area (Å²) in [5.74, 6) is -0.240. The molecule has 0 spiro atoms. The highest BCUT2D eigenvalue weighted by Gasteiger charge is 2.30. The Morgan fingerprint density at radius 2 is 1.91 bits per heavy atom. The van der Waals surface area contributed by atoms with Gasteiger partial charge in [0, 0.05) is 19.9 Å². The Hall–Kier alpha value is -1.92. The van der Waals surface area contributed by atoms with E-state index < -0.39 is 0 Å². The number of Topliss-reactive ketones (excluding diaryl/α,β-unsaturated/α-hetero) is 1. The van der Waals surface area contributed by atoms with E-state index in [1.807, 2.05) is 18.2 Å². The molecule has 0 amide bonds. The van der Waals surface area contributed by atoms with Gasteiger partial charge in [-0.1, -0.05) is 44.0 Å². The molecular formula is C16H8Br2N2O2. The highest BCUT2D eigenvalue weighted by molar-refractivity contribution is 9.11. The second kappa shape index (κ2) is 4.79. The quantitative estimate of drug-likeness (QED) is 0.599. The summed E-state index contributed by atoms with van der Waals surface area (Å²) < 4.78 is 1.64. The number of nitrogens with zero attached hydrogens (tertiary/aromatic N) is 1. The number of H-pyrrole nitrogens is 1. The second-order valence-electron chi connectivity index (χ2n) is 4.97. The maximum atomic E-state index is 12.6. The van der Waals surface area contributed by atoms with Gasteiger partial charge in [0.15, 0.2) is 5.88 Å². The van der Waals surface area contributed by atoms with Crippen LogP contribution in [0.4, 0.5) is 5.69 Å². The number of carbonyl (C=O) groups is 1. The van der Waals surface area contributed by atoms with Crippen LogP contribution in [0.1, 0.15) is 15.9 Å². The van der Waals surface area contributed by atoms with E-state index in [0.29, 0.717) is 16.8 Å². The number of para-hydroxylation sites is 1. The first-order valence-corrected chi connectivity index (χ1v) is 8.07. The van der Waals surface area contributed by atoms with E-state index in [0.717, 1.165) is 19.8 Å². The molecule has 1 aliphatic heterocycles. The summed E-state index contributed by atoms with van der Waals surface area (Å²) in [4.78, 5) is 19.9. The summed E-state index contributed by atoms with van der Waals surface area (Å²) >= 11 is 6.89. The fourth-order valence-electron chi connectivity index (χ4n) is 2.70. The lowest BCUT2D eigenvalue weighted by Crippen LogP contribution is -2.10. The number of aliphatic imine (C=N–C) groups is 1. The molecule has 0 radical (unpaired) electrons. The third kappa shape index (κ3) is 1.87. The van der Waals surface area contributed by atoms with Gasteiger partial charge in [0.25, 0.3) is 0 Å². The number of carbonyl (C=O) groups excluding carboxylic acids is 1. The molecule has 4 rings (SSSR count). The summed E-state index contributed by atoms with van der Waals surface area (Å²) in [7, 11) is 0. The van der Waals surface area contributed by atoms with E-state index >= 15 is 0 Å². The number of ketones is 1. The molecule has 2 heterocycles. The van der Waals surface area contributed by atoms with Crippen LogP contribution in [0.2, 0.25) is 0 Å². The van der Waals surface area contributed by atoms with Crippen LogP contribution in [-0.2, 0) is 0 Å². The van der Waals surface area contributed by atoms with Crippen molar-refractivity contribution in [3.05, 3.63) is 56.5 Å². The topological polar surface area (TPSA) is 65.4 Å². The van der Waals surface area contributed by atoms with Gasteiger partial charge in [-0.25, -0.2) is 4.99 Å². The van der Waals surface area contributed by atoms with Crippen molar-refractivity contribution in [3.8, 4) is 5.88 Å². The summed E-state index contributed by atoms with van der Waals surface area (Å²) in [6.07, 6.45) is 0. The fourth-order valence-corrected chi connectivity index (χ4v) is 4.12. The molecular weight excluding hydrogens is 412 g/mol. The normalized spacial score (nSPS) is 13.5. The molecule has 0 aliphatic carbocycles. The van der Waals surface area contributed by atoms with Crippen molar-refractivity contribution in [2.75, 3.05) is 0 Å². The molecule has 4 nitrogen and oxygen atoms in total. The predicted octanol–water partition coefficient (Wildman–Crippen LogP) is 4.72. The number of aromatic amines is 1. The van der Waals surface area contributed by atoms with E-state index in [-0.39, 0.29) is 17.4 Å². The fraction of sp³-hybridized carbons (Fsp3) is 0. The molecule has 2 N–H and O–H groups in total. The van der Waals surface area contributed by atoms with Gasteiger partial charge in [-0.3, -0.25) is 4.79 Å². The van der Waals surface area contributed by atoms with Crippen molar-refractivity contribution in [2.24, 2.45) is 4.99 Å². The summed E-state index contributed by atoms with van der Waals surface area (Å²) in [6, 6.07) is 10.9. The number of hydrogen-bond donors (Lipinski definition) is 2. The Bertz CT molecular complexity index is 989. The summed E-state index contributed by atoms with van der Waals surface area (Å²) in [6.45, 7) is 0. The third-order valence-corrected chi connectivity index (χ3v) is 4.71. The van der Waals surface area contributed by atoms with E-state index in [1.54, 1.807) is 18.2 Å². The van der Waals surface area contributed by atoms with E-state index in [4.69, 9.17) is 0 Å². The van der Waals surface area contributed by atoms with Gasteiger partial charge in [-0.2, -0.15) is 0 Å². The highest BCUT2D eigenvalue weighted by Crippen LogP contribution is 2.39. The van der Waals surface area contributed by atoms with Gasteiger partial charge < -0.3 is 10.1 Å². The summed E-state index contributed by atoms with van der Waals surface area (Å²) in [5.41, 5.74) is 2.59. The maximum Gasteiger partial charge on any atom is 0.214 e. The van der Waals surface area contributed by atoms with Crippen molar-refractivity contribution in [2.45, 2.75) is 0 Å². The van der Waals surface area contributed by atoms with Crippen molar-refractivity contribution >= 4 is 59.9 Å². The van der Waals surface area contributed by atoms with Gasteiger partial charge in [0.05, 0.1) is 16.8 Å². The number of rotatable bonds is 1. The van der Waals surface area contributed by atoms with Crippen molar-refractivity contribution in [3.63, 3.8) is 0 Å². The van der Waals surface area contributed by atoms with Crippen LogP contribution >= 0.6 is 31.9 Å². The second-order valence-corrected chi connectivity index (χ2v) is 6.74. The first-order chi connectivity index (χ1) is 10.6. The lowest BCUT2D eigenvalue weighted by Gasteiger charge is -2.01. The van der Waals surface area contributed by atoms with Gasteiger partial charge in [0.1, 0.15) is 5.71 Å². The Morgan fingerprint density at radius 1 is 1.14 bits per heavy atom. The van der Waals surface area contributed by atoms with E-state index in [1.165, 1.54) is 0 Å². The van der Waals surface area contributed by atoms with Crippen molar-refractivity contribution < 1.29 is 9.90 Å². The maximum absolute atomic E-state index is 12.6. The molecule has 108 valence electrons. The molecule has 0 unspecified atom stereocenters. The molecule has 0 fully saturated rings. The van der Waals surface area contributed by atoms with Crippen LogP contribution in [0, 0.1) is 0 Å². The lowest BCUT2D eigenvalue weighted by molar-refractivity contribution is 0.107. The largest absolute Gasteiger partial charge is 0.494 e. The van der Waals surface area contributed by atoms with Crippen LogP contribution in [0.5, 0.6) is 5.88 Å². The Kier molecular flexibility index (Phi) is 2.99. The van der Waals surface area contributed by atoms with E-state index in [9.17, 15) is 9.90 Å². The zero-order valence-corrected chi connectivity index (χ0v) is 14.2. The van der Waals surface area contributed by atoms with Crippen molar-refractivity contribution in [1.29, 1.82) is 0 Å². The number of aromatic hydroxyl groups is 1. The molecule has 2 aromatic carbocycles. The number of fused-ring (bicyclic) bond motifs is 2. The predicted molar refractivity (Wildman–Crippen MR) is 92.3 cm³/mol. The number of aromatic nitrogens is 1. The molecule has 3 aromatic rings. The minimum atomic E-state index is -0.179. The Morgan fingerprint density at radius 3 is 2.68 bits per heavy atom. The Balaban J connectivity index is 2.01. The average Bonchev–Trinajstić information content (AvgIpc) is 2.96. The lowest BCUT2D eigenvalue weighted by atomic mass is 10.0. The zero-order valence-electron chi connectivity index (χ0n) is 11.0. The SMILES string of the molecule is O=C1C(c2c(O)[nH]c3cc(Br)cc(Br)c23)=Nc2ccccc21. The van der Waals surface area contributed by atoms with Gasteiger partial charge in [0.2, 0.25) is 5.78 Å². The van der Waals surface area contributed by atoms with Crippen molar-refractivity contribution in [1.82, 2.24) is 4.98 Å². The molecule has 0 saturated heterocycles. The van der Waals surface area contributed by atoms with Crippen LogP contribution < -0.4 is 0 Å². The van der Waals surface area contributed by atoms with Gasteiger partial charge >= 0.3 is 0 Å². The molecule has 0 atom stereocenters. The molecule has 22 heavy (non-hydrogen) atoms.